The summed E-state index contributed by atoms with van der Waals surface area (Å²) in [7, 11) is 0. The molecule has 2 aromatic rings. The van der Waals surface area contributed by atoms with E-state index in [0.717, 1.165) is 18.2 Å². The standard InChI is InChI=1S/C16H12F3NO/c17-13-5-3-12(15(18)8-13)10-21-14-6-4-11(2-1-7-20)16(19)9-14/h3-6,8-9H,7,10,20H2. The van der Waals surface area contributed by atoms with E-state index in [9.17, 15) is 13.2 Å². The van der Waals surface area contributed by atoms with E-state index in [-0.39, 0.29) is 30.0 Å². The van der Waals surface area contributed by atoms with Crippen molar-refractivity contribution in [3.05, 3.63) is 65.0 Å². The molecule has 0 saturated heterocycles. The highest BCUT2D eigenvalue weighted by Crippen LogP contribution is 2.18. The van der Waals surface area contributed by atoms with Crippen LogP contribution in [-0.4, -0.2) is 6.54 Å². The highest BCUT2D eigenvalue weighted by Gasteiger charge is 2.06. The normalized spacial score (nSPS) is 9.90. The van der Waals surface area contributed by atoms with Gasteiger partial charge in [-0.15, -0.1) is 0 Å². The van der Waals surface area contributed by atoms with Crippen molar-refractivity contribution in [3.63, 3.8) is 0 Å². The molecule has 2 aromatic carbocycles. The summed E-state index contributed by atoms with van der Waals surface area (Å²) in [6.07, 6.45) is 0. The van der Waals surface area contributed by atoms with Crippen LogP contribution >= 0.6 is 0 Å². The highest BCUT2D eigenvalue weighted by atomic mass is 19.1. The lowest BCUT2D eigenvalue weighted by molar-refractivity contribution is 0.298. The van der Waals surface area contributed by atoms with Gasteiger partial charge < -0.3 is 10.5 Å². The second-order valence-electron chi connectivity index (χ2n) is 4.17. The van der Waals surface area contributed by atoms with Gasteiger partial charge in [-0.25, -0.2) is 13.2 Å². The van der Waals surface area contributed by atoms with Gasteiger partial charge in [-0.2, -0.15) is 0 Å². The maximum Gasteiger partial charge on any atom is 0.142 e. The van der Waals surface area contributed by atoms with E-state index in [4.69, 9.17) is 10.5 Å². The van der Waals surface area contributed by atoms with Crippen molar-refractivity contribution in [1.29, 1.82) is 0 Å². The zero-order valence-corrected chi connectivity index (χ0v) is 11.0. The zero-order chi connectivity index (χ0) is 15.2. The molecule has 0 spiro atoms. The molecule has 0 aliphatic carbocycles. The van der Waals surface area contributed by atoms with Gasteiger partial charge in [-0.05, 0) is 24.3 Å². The molecule has 2 nitrogen and oxygen atoms in total. The molecular weight excluding hydrogens is 279 g/mol. The van der Waals surface area contributed by atoms with Crippen molar-refractivity contribution in [3.8, 4) is 17.6 Å². The fourth-order valence-corrected chi connectivity index (χ4v) is 1.63. The van der Waals surface area contributed by atoms with Crippen LogP contribution in [0.1, 0.15) is 11.1 Å². The Labute approximate surface area is 120 Å². The van der Waals surface area contributed by atoms with Gasteiger partial charge in [-0.1, -0.05) is 11.8 Å². The first-order valence-corrected chi connectivity index (χ1v) is 6.15. The van der Waals surface area contributed by atoms with Gasteiger partial charge >= 0.3 is 0 Å². The lowest BCUT2D eigenvalue weighted by Crippen LogP contribution is -2.00. The molecule has 0 radical (unpaired) electrons. The van der Waals surface area contributed by atoms with Crippen LogP contribution in [0.4, 0.5) is 13.2 Å². The van der Waals surface area contributed by atoms with Crippen LogP contribution in [0.15, 0.2) is 36.4 Å². The topological polar surface area (TPSA) is 35.2 Å². The molecule has 0 heterocycles. The van der Waals surface area contributed by atoms with Gasteiger partial charge in [0, 0.05) is 17.7 Å². The van der Waals surface area contributed by atoms with Gasteiger partial charge in [0.05, 0.1) is 12.1 Å². The van der Waals surface area contributed by atoms with E-state index in [1.807, 2.05) is 0 Å². The maximum absolute atomic E-state index is 13.7. The zero-order valence-electron chi connectivity index (χ0n) is 11.0. The molecule has 0 aliphatic heterocycles. The molecule has 108 valence electrons. The molecule has 0 atom stereocenters. The molecule has 0 unspecified atom stereocenters. The van der Waals surface area contributed by atoms with E-state index in [1.165, 1.54) is 18.2 Å². The fourth-order valence-electron chi connectivity index (χ4n) is 1.63. The number of ether oxygens (including phenoxy) is 1. The Morgan fingerprint density at radius 3 is 2.48 bits per heavy atom. The number of nitrogens with two attached hydrogens (primary N) is 1. The van der Waals surface area contributed by atoms with Crippen molar-refractivity contribution in [2.75, 3.05) is 6.54 Å². The second kappa shape index (κ2) is 6.82. The Hall–Kier alpha value is -2.45. The number of benzene rings is 2. The maximum atomic E-state index is 13.7. The Morgan fingerprint density at radius 1 is 1.00 bits per heavy atom. The van der Waals surface area contributed by atoms with Gasteiger partial charge in [-0.3, -0.25) is 0 Å². The van der Waals surface area contributed by atoms with Crippen LogP contribution in [-0.2, 0) is 6.61 Å². The predicted octanol–water partition coefficient (Wildman–Crippen LogP) is 2.99. The first kappa shape index (κ1) is 14.9. The van der Waals surface area contributed by atoms with E-state index in [0.29, 0.717) is 0 Å². The molecular formula is C16H12F3NO. The van der Waals surface area contributed by atoms with Crippen LogP contribution in [0.3, 0.4) is 0 Å². The Kier molecular flexibility index (Phi) is 4.85. The van der Waals surface area contributed by atoms with Crippen molar-refractivity contribution in [1.82, 2.24) is 0 Å². The first-order valence-electron chi connectivity index (χ1n) is 6.15. The van der Waals surface area contributed by atoms with Gasteiger partial charge in [0.15, 0.2) is 0 Å². The number of hydrogen-bond donors (Lipinski definition) is 1. The Bertz CT molecular complexity index is 704. The van der Waals surface area contributed by atoms with E-state index in [1.54, 1.807) is 0 Å². The van der Waals surface area contributed by atoms with Gasteiger partial charge in [0.25, 0.3) is 0 Å². The minimum Gasteiger partial charge on any atom is -0.489 e. The molecule has 2 N–H and O–H groups in total. The molecule has 0 aliphatic rings. The Balaban J connectivity index is 2.08. The number of rotatable bonds is 3. The molecule has 0 saturated carbocycles. The van der Waals surface area contributed by atoms with E-state index >= 15 is 0 Å². The molecule has 2 rings (SSSR count). The van der Waals surface area contributed by atoms with Crippen molar-refractivity contribution in [2.24, 2.45) is 5.73 Å². The van der Waals surface area contributed by atoms with Crippen LogP contribution in [0.2, 0.25) is 0 Å². The molecule has 0 aromatic heterocycles. The average Bonchev–Trinajstić information content (AvgIpc) is 2.45. The SMILES string of the molecule is NCC#Cc1ccc(OCc2ccc(F)cc2F)cc1F. The summed E-state index contributed by atoms with van der Waals surface area (Å²) in [4.78, 5) is 0. The quantitative estimate of drug-likeness (QED) is 0.882. The van der Waals surface area contributed by atoms with Crippen molar-refractivity contribution in [2.45, 2.75) is 6.61 Å². The summed E-state index contributed by atoms with van der Waals surface area (Å²) in [6.45, 7) is 0.0148. The number of hydrogen-bond acceptors (Lipinski definition) is 2. The molecule has 0 bridgehead atoms. The first-order chi connectivity index (χ1) is 10.1. The largest absolute Gasteiger partial charge is 0.489 e. The molecule has 21 heavy (non-hydrogen) atoms. The van der Waals surface area contributed by atoms with Crippen LogP contribution < -0.4 is 10.5 Å². The number of halogens is 3. The van der Waals surface area contributed by atoms with E-state index < -0.39 is 17.5 Å². The third kappa shape index (κ3) is 4.01. The summed E-state index contributed by atoms with van der Waals surface area (Å²) in [6, 6.07) is 7.31. The highest BCUT2D eigenvalue weighted by molar-refractivity contribution is 5.40. The lowest BCUT2D eigenvalue weighted by atomic mass is 10.2. The summed E-state index contributed by atoms with van der Waals surface area (Å²) >= 11 is 0. The summed E-state index contributed by atoms with van der Waals surface area (Å²) in [5.74, 6) is 3.44. The minimum atomic E-state index is -0.707. The van der Waals surface area contributed by atoms with E-state index in [2.05, 4.69) is 11.8 Å². The summed E-state index contributed by atoms with van der Waals surface area (Å²) in [5, 5.41) is 0. The summed E-state index contributed by atoms with van der Waals surface area (Å²) < 4.78 is 45.1. The third-order valence-corrected chi connectivity index (χ3v) is 2.68. The molecule has 0 fully saturated rings. The van der Waals surface area contributed by atoms with Crippen LogP contribution in [0.25, 0.3) is 0 Å². The fraction of sp³-hybridized carbons (Fsp3) is 0.125. The lowest BCUT2D eigenvalue weighted by Gasteiger charge is -2.08. The van der Waals surface area contributed by atoms with Crippen LogP contribution in [0, 0.1) is 29.3 Å². The van der Waals surface area contributed by atoms with Gasteiger partial charge in [0.1, 0.15) is 29.8 Å². The summed E-state index contributed by atoms with van der Waals surface area (Å²) in [5.41, 5.74) is 5.60. The molecule has 5 heteroatoms. The smallest absolute Gasteiger partial charge is 0.142 e. The predicted molar refractivity (Wildman–Crippen MR) is 73.0 cm³/mol. The monoisotopic (exact) mass is 291 g/mol. The third-order valence-electron chi connectivity index (χ3n) is 2.68. The average molecular weight is 291 g/mol. The Morgan fingerprint density at radius 2 is 1.81 bits per heavy atom. The van der Waals surface area contributed by atoms with Crippen molar-refractivity contribution >= 4 is 0 Å². The minimum absolute atomic E-state index is 0.126. The molecule has 0 amide bonds. The van der Waals surface area contributed by atoms with Gasteiger partial charge in [0.2, 0.25) is 0 Å². The second-order valence-corrected chi connectivity index (χ2v) is 4.17. The van der Waals surface area contributed by atoms with Crippen molar-refractivity contribution < 1.29 is 17.9 Å². The van der Waals surface area contributed by atoms with Crippen LogP contribution in [0.5, 0.6) is 5.75 Å².